The minimum absolute atomic E-state index is 0.0528. The lowest BCUT2D eigenvalue weighted by atomic mass is 10.00. The maximum Gasteiger partial charge on any atom is 0.166 e. The lowest BCUT2D eigenvalue weighted by Gasteiger charge is -2.10. The van der Waals surface area contributed by atoms with Gasteiger partial charge in [0.2, 0.25) is 0 Å². The number of fused-ring (bicyclic) bond motifs is 1. The maximum absolute atomic E-state index is 12.0. The van der Waals surface area contributed by atoms with Crippen molar-refractivity contribution in [3.63, 3.8) is 0 Å². The number of anilines is 1. The Kier molecular flexibility index (Phi) is 4.35. The van der Waals surface area contributed by atoms with Crippen molar-refractivity contribution in [1.82, 2.24) is 4.98 Å². The summed E-state index contributed by atoms with van der Waals surface area (Å²) in [5, 5.41) is 10.7. The van der Waals surface area contributed by atoms with Crippen LogP contribution in [0.5, 0.6) is 5.75 Å². The molecule has 0 saturated heterocycles. The van der Waals surface area contributed by atoms with Crippen molar-refractivity contribution in [3.05, 3.63) is 52.1 Å². The molecule has 3 aromatic rings. The highest BCUT2D eigenvalue weighted by Gasteiger charge is 2.13. The molecule has 0 aliphatic heterocycles. The number of aromatic hydroxyl groups is 1. The SMILES string of the molecule is CCC(=O)c1cnc2ccc(-c3cc(Cl)c(O)c(Cl)c3)cc2c1N. The van der Waals surface area contributed by atoms with E-state index in [2.05, 4.69) is 4.98 Å². The molecule has 0 amide bonds. The second-order valence-electron chi connectivity index (χ2n) is 5.38. The van der Waals surface area contributed by atoms with Crippen molar-refractivity contribution in [1.29, 1.82) is 0 Å². The summed E-state index contributed by atoms with van der Waals surface area (Å²) in [5.41, 5.74) is 9.23. The zero-order valence-corrected chi connectivity index (χ0v) is 14.3. The molecule has 1 aromatic heterocycles. The minimum atomic E-state index is -0.153. The molecule has 0 aliphatic carbocycles. The summed E-state index contributed by atoms with van der Waals surface area (Å²) >= 11 is 12.0. The van der Waals surface area contributed by atoms with Gasteiger partial charge >= 0.3 is 0 Å². The van der Waals surface area contributed by atoms with E-state index in [1.54, 1.807) is 19.1 Å². The zero-order chi connectivity index (χ0) is 17.4. The van der Waals surface area contributed by atoms with E-state index in [4.69, 9.17) is 28.9 Å². The Morgan fingerprint density at radius 1 is 1.17 bits per heavy atom. The summed E-state index contributed by atoms with van der Waals surface area (Å²) in [6.45, 7) is 1.78. The van der Waals surface area contributed by atoms with Gasteiger partial charge in [-0.1, -0.05) is 36.2 Å². The number of halogens is 2. The molecule has 3 rings (SSSR count). The van der Waals surface area contributed by atoms with Crippen molar-refractivity contribution in [3.8, 4) is 16.9 Å². The number of rotatable bonds is 3. The molecule has 2 aromatic carbocycles. The topological polar surface area (TPSA) is 76.2 Å². The average molecular weight is 361 g/mol. The first-order valence-corrected chi connectivity index (χ1v) is 8.07. The van der Waals surface area contributed by atoms with Gasteiger partial charge < -0.3 is 10.8 Å². The number of hydrogen-bond donors (Lipinski definition) is 2. The second kappa shape index (κ2) is 6.30. The van der Waals surface area contributed by atoms with Gasteiger partial charge in [-0.3, -0.25) is 9.78 Å². The van der Waals surface area contributed by atoms with E-state index in [0.29, 0.717) is 28.6 Å². The molecule has 0 spiro atoms. The van der Waals surface area contributed by atoms with Crippen LogP contribution in [0.15, 0.2) is 36.5 Å². The van der Waals surface area contributed by atoms with Crippen molar-refractivity contribution in [2.45, 2.75) is 13.3 Å². The largest absolute Gasteiger partial charge is 0.505 e. The molecule has 122 valence electrons. The van der Waals surface area contributed by atoms with E-state index in [9.17, 15) is 9.90 Å². The summed E-state index contributed by atoms with van der Waals surface area (Å²) in [6, 6.07) is 8.75. The number of nitrogens with zero attached hydrogens (tertiary/aromatic N) is 1. The highest BCUT2D eigenvalue weighted by Crippen LogP contribution is 2.37. The van der Waals surface area contributed by atoms with Gasteiger partial charge in [0.15, 0.2) is 11.5 Å². The van der Waals surface area contributed by atoms with Gasteiger partial charge in [-0.25, -0.2) is 0 Å². The average Bonchev–Trinajstić information content (AvgIpc) is 2.58. The van der Waals surface area contributed by atoms with E-state index in [-0.39, 0.29) is 21.6 Å². The molecule has 3 N–H and O–H groups in total. The van der Waals surface area contributed by atoms with Crippen molar-refractivity contribution in [2.24, 2.45) is 0 Å². The molecule has 0 fully saturated rings. The summed E-state index contributed by atoms with van der Waals surface area (Å²) in [5.74, 6) is -0.206. The normalized spacial score (nSPS) is 11.0. The van der Waals surface area contributed by atoms with Gasteiger partial charge in [-0.05, 0) is 35.4 Å². The number of nitrogens with two attached hydrogens (primary N) is 1. The predicted molar refractivity (Wildman–Crippen MR) is 97.9 cm³/mol. The monoisotopic (exact) mass is 360 g/mol. The van der Waals surface area contributed by atoms with Gasteiger partial charge in [-0.15, -0.1) is 0 Å². The molecular weight excluding hydrogens is 347 g/mol. The Morgan fingerprint density at radius 2 is 1.83 bits per heavy atom. The summed E-state index contributed by atoms with van der Waals surface area (Å²) < 4.78 is 0. The first kappa shape index (κ1) is 16.6. The van der Waals surface area contributed by atoms with Crippen LogP contribution in [0.2, 0.25) is 10.0 Å². The summed E-state index contributed by atoms with van der Waals surface area (Å²) in [4.78, 5) is 16.3. The number of nitrogen functional groups attached to an aromatic ring is 1. The predicted octanol–water partition coefficient (Wildman–Crippen LogP) is 5.09. The molecule has 0 bridgehead atoms. The highest BCUT2D eigenvalue weighted by atomic mass is 35.5. The number of carbonyl (C=O) groups is 1. The van der Waals surface area contributed by atoms with Crippen molar-refractivity contribution < 1.29 is 9.90 Å². The third-order valence-electron chi connectivity index (χ3n) is 3.88. The summed E-state index contributed by atoms with van der Waals surface area (Å²) in [6.07, 6.45) is 1.87. The van der Waals surface area contributed by atoms with E-state index in [1.165, 1.54) is 6.20 Å². The number of phenolic OH excluding ortho intramolecular Hbond substituents is 1. The van der Waals surface area contributed by atoms with E-state index >= 15 is 0 Å². The lowest BCUT2D eigenvalue weighted by molar-refractivity contribution is 0.0989. The van der Waals surface area contributed by atoms with E-state index < -0.39 is 0 Å². The second-order valence-corrected chi connectivity index (χ2v) is 6.20. The number of hydrogen-bond acceptors (Lipinski definition) is 4. The van der Waals surface area contributed by atoms with Gasteiger partial charge in [0.05, 0.1) is 26.8 Å². The van der Waals surface area contributed by atoms with Gasteiger partial charge in [0.25, 0.3) is 0 Å². The van der Waals surface area contributed by atoms with Gasteiger partial charge in [-0.2, -0.15) is 0 Å². The van der Waals surface area contributed by atoms with E-state index in [1.807, 2.05) is 18.2 Å². The molecule has 0 radical (unpaired) electrons. The van der Waals surface area contributed by atoms with Crippen LogP contribution in [0.4, 0.5) is 5.69 Å². The van der Waals surface area contributed by atoms with Gasteiger partial charge in [0.1, 0.15) is 0 Å². The lowest BCUT2D eigenvalue weighted by Crippen LogP contribution is -2.04. The van der Waals surface area contributed by atoms with Crippen molar-refractivity contribution >= 4 is 45.6 Å². The summed E-state index contributed by atoms with van der Waals surface area (Å²) in [7, 11) is 0. The van der Waals surface area contributed by atoms with Crippen LogP contribution in [0.25, 0.3) is 22.0 Å². The smallest absolute Gasteiger partial charge is 0.166 e. The highest BCUT2D eigenvalue weighted by molar-refractivity contribution is 6.37. The molecule has 6 heteroatoms. The van der Waals surface area contributed by atoms with E-state index in [0.717, 1.165) is 11.1 Å². The molecule has 0 saturated carbocycles. The Balaban J connectivity index is 2.21. The molecule has 24 heavy (non-hydrogen) atoms. The van der Waals surface area contributed by atoms with Crippen LogP contribution >= 0.6 is 23.2 Å². The maximum atomic E-state index is 12.0. The van der Waals surface area contributed by atoms with Crippen LogP contribution in [0, 0.1) is 0 Å². The van der Waals surface area contributed by atoms with Crippen LogP contribution in [-0.4, -0.2) is 15.9 Å². The molecular formula is C18H14Cl2N2O2. The fourth-order valence-corrected chi connectivity index (χ4v) is 3.02. The number of aromatic nitrogens is 1. The van der Waals surface area contributed by atoms with Crippen LogP contribution in [0.1, 0.15) is 23.7 Å². The number of phenols is 1. The molecule has 0 unspecified atom stereocenters. The van der Waals surface area contributed by atoms with Gasteiger partial charge in [0, 0.05) is 18.0 Å². The first-order chi connectivity index (χ1) is 11.4. The zero-order valence-electron chi connectivity index (χ0n) is 12.8. The molecule has 4 nitrogen and oxygen atoms in total. The number of pyridine rings is 1. The van der Waals surface area contributed by atoms with Crippen molar-refractivity contribution in [2.75, 3.05) is 5.73 Å². The minimum Gasteiger partial charge on any atom is -0.505 e. The Bertz CT molecular complexity index is 948. The standard InChI is InChI=1S/C18H14Cl2N2O2/c1-2-16(23)12-8-22-15-4-3-9(5-11(15)17(12)21)10-6-13(19)18(24)14(20)7-10/h3-8,24H,2H2,1H3,(H2,21,22). The fraction of sp³-hybridized carbons (Fsp3) is 0.111. The number of benzene rings is 2. The Hall–Kier alpha value is -2.30. The fourth-order valence-electron chi connectivity index (χ4n) is 2.54. The third kappa shape index (κ3) is 2.79. The van der Waals surface area contributed by atoms with Crippen LogP contribution in [0.3, 0.4) is 0 Å². The Morgan fingerprint density at radius 3 is 2.46 bits per heavy atom. The number of ketones is 1. The first-order valence-electron chi connectivity index (χ1n) is 7.32. The molecule has 1 heterocycles. The molecule has 0 atom stereocenters. The molecule has 0 aliphatic rings. The number of Topliss-reactive ketones (excluding diaryl/α,β-unsaturated/α-hetero) is 1. The van der Waals surface area contributed by atoms with Crippen LogP contribution in [-0.2, 0) is 0 Å². The third-order valence-corrected chi connectivity index (χ3v) is 4.46. The Labute approximate surface area is 148 Å². The quantitative estimate of drug-likeness (QED) is 0.637. The number of carbonyl (C=O) groups excluding carboxylic acids is 1. The van der Waals surface area contributed by atoms with Crippen LogP contribution < -0.4 is 5.73 Å².